The molecule has 12 heavy (non-hydrogen) atoms. The maximum atomic E-state index is 10.2. The quantitative estimate of drug-likeness (QED) is 0.503. The molecule has 1 rings (SSSR count). The van der Waals surface area contributed by atoms with Gasteiger partial charge < -0.3 is 0 Å². The Bertz CT molecular complexity index is 270. The Balaban J connectivity index is 2.78. The standard InChI is InChI=1S/C7H7N2O3/c8-12-5-6-1-3-7(4-2-6)9(10)11/h1-4,8H,5H2. The molecule has 0 heterocycles. The van der Waals surface area contributed by atoms with E-state index in [9.17, 15) is 10.1 Å². The van der Waals surface area contributed by atoms with Gasteiger partial charge in [-0.15, -0.1) is 5.90 Å². The molecule has 1 radical (unpaired) electrons. The van der Waals surface area contributed by atoms with E-state index in [0.29, 0.717) is 0 Å². The Labute approximate surface area is 68.9 Å². The molecule has 1 aromatic rings. The van der Waals surface area contributed by atoms with Crippen molar-refractivity contribution in [2.45, 2.75) is 6.61 Å². The topological polar surface area (TPSA) is 76.2 Å². The number of nitrogens with one attached hydrogen (secondary N) is 1. The number of rotatable bonds is 3. The molecule has 0 aromatic heterocycles. The van der Waals surface area contributed by atoms with Gasteiger partial charge in [-0.3, -0.25) is 15.0 Å². The molecular formula is C7H7N2O3. The van der Waals surface area contributed by atoms with Crippen molar-refractivity contribution in [2.24, 2.45) is 0 Å². The molecule has 0 saturated heterocycles. The summed E-state index contributed by atoms with van der Waals surface area (Å²) in [5, 5.41) is 10.2. The highest BCUT2D eigenvalue weighted by Gasteiger charge is 2.02. The Kier molecular flexibility index (Phi) is 2.73. The van der Waals surface area contributed by atoms with E-state index in [1.54, 1.807) is 12.1 Å². The van der Waals surface area contributed by atoms with E-state index in [4.69, 9.17) is 5.90 Å². The summed E-state index contributed by atoms with van der Waals surface area (Å²) in [6, 6.07) is 5.89. The van der Waals surface area contributed by atoms with Crippen molar-refractivity contribution >= 4 is 5.69 Å². The largest absolute Gasteiger partial charge is 0.280 e. The Hall–Kier alpha value is -1.46. The minimum atomic E-state index is -0.467. The van der Waals surface area contributed by atoms with Gasteiger partial charge in [0.2, 0.25) is 0 Å². The smallest absolute Gasteiger partial charge is 0.269 e. The number of hydrogen-bond donors (Lipinski definition) is 0. The van der Waals surface area contributed by atoms with Crippen LogP contribution in [-0.2, 0) is 11.4 Å². The normalized spacial score (nSPS) is 9.75. The van der Waals surface area contributed by atoms with E-state index in [1.165, 1.54) is 12.1 Å². The average molecular weight is 167 g/mol. The first-order valence-electron chi connectivity index (χ1n) is 3.26. The zero-order valence-corrected chi connectivity index (χ0v) is 6.19. The number of nitro benzene ring substituents is 1. The van der Waals surface area contributed by atoms with Crippen molar-refractivity contribution in [2.75, 3.05) is 0 Å². The summed E-state index contributed by atoms with van der Waals surface area (Å²) in [6.45, 7) is 0.151. The molecule has 0 unspecified atom stereocenters. The van der Waals surface area contributed by atoms with Crippen LogP contribution in [0.3, 0.4) is 0 Å². The first kappa shape index (κ1) is 8.63. The summed E-state index contributed by atoms with van der Waals surface area (Å²) in [6.07, 6.45) is 0. The van der Waals surface area contributed by atoms with Crippen LogP contribution in [0.25, 0.3) is 0 Å². The minimum Gasteiger partial charge on any atom is -0.280 e. The highest BCUT2D eigenvalue weighted by Crippen LogP contribution is 2.11. The van der Waals surface area contributed by atoms with Gasteiger partial charge in [0, 0.05) is 12.1 Å². The third kappa shape index (κ3) is 2.01. The first-order chi connectivity index (χ1) is 5.74. The van der Waals surface area contributed by atoms with Crippen LogP contribution in [-0.4, -0.2) is 4.92 Å². The monoisotopic (exact) mass is 167 g/mol. The maximum absolute atomic E-state index is 10.2. The zero-order chi connectivity index (χ0) is 8.97. The lowest BCUT2D eigenvalue weighted by Crippen LogP contribution is -1.91. The second-order valence-electron chi connectivity index (χ2n) is 2.21. The van der Waals surface area contributed by atoms with Crippen LogP contribution in [0.1, 0.15) is 5.56 Å². The summed E-state index contributed by atoms with van der Waals surface area (Å²) in [7, 11) is 0. The van der Waals surface area contributed by atoms with Gasteiger partial charge >= 0.3 is 0 Å². The van der Waals surface area contributed by atoms with Crippen LogP contribution < -0.4 is 5.90 Å². The van der Waals surface area contributed by atoms with Gasteiger partial charge in [0.05, 0.1) is 11.5 Å². The number of nitro groups is 1. The summed E-state index contributed by atoms with van der Waals surface area (Å²) >= 11 is 0. The fraction of sp³-hybridized carbons (Fsp3) is 0.143. The van der Waals surface area contributed by atoms with E-state index in [-0.39, 0.29) is 12.3 Å². The zero-order valence-electron chi connectivity index (χ0n) is 6.19. The van der Waals surface area contributed by atoms with Crippen molar-refractivity contribution < 1.29 is 9.76 Å². The van der Waals surface area contributed by atoms with Crippen molar-refractivity contribution in [1.29, 1.82) is 0 Å². The molecule has 5 nitrogen and oxygen atoms in total. The number of non-ortho nitro benzene ring substituents is 1. The molecule has 1 aromatic carbocycles. The highest BCUT2D eigenvalue weighted by atomic mass is 16.6. The van der Waals surface area contributed by atoms with E-state index < -0.39 is 4.92 Å². The van der Waals surface area contributed by atoms with Crippen LogP contribution in [0.5, 0.6) is 0 Å². The van der Waals surface area contributed by atoms with E-state index in [0.717, 1.165) is 5.56 Å². The molecule has 0 fully saturated rings. The van der Waals surface area contributed by atoms with Gasteiger partial charge in [0.1, 0.15) is 0 Å². The molecule has 0 saturated carbocycles. The number of hydrogen-bond acceptors (Lipinski definition) is 3. The van der Waals surface area contributed by atoms with E-state index >= 15 is 0 Å². The molecule has 0 amide bonds. The SMILES string of the molecule is [NH]OCc1ccc([N+](=O)[O-])cc1. The van der Waals surface area contributed by atoms with Crippen molar-refractivity contribution in [1.82, 2.24) is 5.90 Å². The molecule has 0 aliphatic carbocycles. The van der Waals surface area contributed by atoms with E-state index in [2.05, 4.69) is 4.84 Å². The molecule has 0 aliphatic heterocycles. The lowest BCUT2D eigenvalue weighted by atomic mass is 10.2. The second kappa shape index (κ2) is 3.80. The minimum absolute atomic E-state index is 0.0451. The Morgan fingerprint density at radius 2 is 2.00 bits per heavy atom. The highest BCUT2D eigenvalue weighted by molar-refractivity contribution is 5.32. The third-order valence-electron chi connectivity index (χ3n) is 1.39. The molecule has 0 spiro atoms. The van der Waals surface area contributed by atoms with E-state index in [1.807, 2.05) is 0 Å². The summed E-state index contributed by atoms with van der Waals surface area (Å²) in [5.41, 5.74) is 0.791. The predicted octanol–water partition coefficient (Wildman–Crippen LogP) is 1.31. The number of benzene rings is 1. The van der Waals surface area contributed by atoms with Gasteiger partial charge in [-0.2, -0.15) is 0 Å². The lowest BCUT2D eigenvalue weighted by Gasteiger charge is -1.96. The van der Waals surface area contributed by atoms with Gasteiger partial charge in [0.25, 0.3) is 5.69 Å². The van der Waals surface area contributed by atoms with Crippen molar-refractivity contribution in [3.05, 3.63) is 39.9 Å². The molecule has 0 aliphatic rings. The molecule has 0 atom stereocenters. The Morgan fingerprint density at radius 3 is 2.42 bits per heavy atom. The maximum Gasteiger partial charge on any atom is 0.269 e. The third-order valence-corrected chi connectivity index (χ3v) is 1.39. The first-order valence-corrected chi connectivity index (χ1v) is 3.26. The fourth-order valence-corrected chi connectivity index (χ4v) is 0.797. The van der Waals surface area contributed by atoms with Crippen LogP contribution in [0.4, 0.5) is 5.69 Å². The molecule has 0 bridgehead atoms. The summed E-state index contributed by atoms with van der Waals surface area (Å²) < 4.78 is 0. The Morgan fingerprint density at radius 1 is 1.42 bits per heavy atom. The van der Waals surface area contributed by atoms with Crippen LogP contribution >= 0.6 is 0 Å². The molecule has 5 heteroatoms. The van der Waals surface area contributed by atoms with Gasteiger partial charge in [-0.25, -0.2) is 0 Å². The average Bonchev–Trinajstić information content (AvgIpc) is 2.06. The molecule has 1 N–H and O–H groups in total. The number of nitrogens with zero attached hydrogens (tertiary/aromatic N) is 1. The van der Waals surface area contributed by atoms with Crippen molar-refractivity contribution in [3.8, 4) is 0 Å². The predicted molar refractivity (Wildman–Crippen MR) is 41.0 cm³/mol. The van der Waals surface area contributed by atoms with Gasteiger partial charge in [-0.05, 0) is 17.7 Å². The van der Waals surface area contributed by atoms with Gasteiger partial charge in [0.15, 0.2) is 0 Å². The van der Waals surface area contributed by atoms with Crippen LogP contribution in [0.15, 0.2) is 24.3 Å². The van der Waals surface area contributed by atoms with Crippen LogP contribution in [0, 0.1) is 10.1 Å². The summed E-state index contributed by atoms with van der Waals surface area (Å²) in [5.74, 6) is 6.44. The summed E-state index contributed by atoms with van der Waals surface area (Å²) in [4.78, 5) is 13.8. The van der Waals surface area contributed by atoms with Gasteiger partial charge in [-0.1, -0.05) is 0 Å². The molecular weight excluding hydrogens is 160 g/mol. The fourth-order valence-electron chi connectivity index (χ4n) is 0.797. The van der Waals surface area contributed by atoms with Crippen molar-refractivity contribution in [3.63, 3.8) is 0 Å². The lowest BCUT2D eigenvalue weighted by molar-refractivity contribution is -0.384. The second-order valence-corrected chi connectivity index (χ2v) is 2.21. The molecule has 63 valence electrons. The van der Waals surface area contributed by atoms with Crippen LogP contribution in [0.2, 0.25) is 0 Å².